The van der Waals surface area contributed by atoms with Crippen LogP contribution in [0.1, 0.15) is 47.5 Å². The monoisotopic (exact) mass is 268 g/mol. The fraction of sp³-hybridized carbons (Fsp3) is 0.857. The van der Waals surface area contributed by atoms with E-state index in [0.29, 0.717) is 10.9 Å². The lowest BCUT2D eigenvalue weighted by atomic mass is 9.62. The van der Waals surface area contributed by atoms with Gasteiger partial charge in [-0.15, -0.1) is 0 Å². The normalized spacial score (nSPS) is 36.6. The number of nitrogens with one attached hydrogen (secondary N) is 1. The highest BCUT2D eigenvalue weighted by Gasteiger charge is 2.66. The van der Waals surface area contributed by atoms with Gasteiger partial charge in [-0.05, 0) is 29.6 Å². The van der Waals surface area contributed by atoms with Gasteiger partial charge in [0.2, 0.25) is 5.91 Å². The van der Waals surface area contributed by atoms with Gasteiger partial charge in [-0.1, -0.05) is 46.8 Å². The average Bonchev–Trinajstić information content (AvgIpc) is 2.55. The van der Waals surface area contributed by atoms with Gasteiger partial charge < -0.3 is 11.1 Å². The number of carbonyl (C=O) groups excluding carboxylic acids is 1. The summed E-state index contributed by atoms with van der Waals surface area (Å²) in [7, 11) is 0. The molecule has 2 aliphatic carbocycles. The molecule has 0 aromatic rings. The van der Waals surface area contributed by atoms with Gasteiger partial charge in [-0.3, -0.25) is 4.79 Å². The molecule has 3 N–H and O–H groups in total. The van der Waals surface area contributed by atoms with Gasteiger partial charge in [-0.25, -0.2) is 0 Å². The molecule has 4 heteroatoms. The Balaban J connectivity index is 2.08. The van der Waals surface area contributed by atoms with Crippen LogP contribution in [0, 0.1) is 22.2 Å². The minimum atomic E-state index is -0.580. The number of thiocarbonyl (C=S) groups is 1. The third-order valence-electron chi connectivity index (χ3n) is 5.60. The van der Waals surface area contributed by atoms with Crippen molar-refractivity contribution in [3.63, 3.8) is 0 Å². The van der Waals surface area contributed by atoms with E-state index in [-0.39, 0.29) is 22.8 Å². The van der Waals surface area contributed by atoms with Gasteiger partial charge in [0.1, 0.15) is 0 Å². The molecule has 0 aromatic carbocycles. The molecule has 0 spiro atoms. The van der Waals surface area contributed by atoms with Gasteiger partial charge in [0.25, 0.3) is 0 Å². The van der Waals surface area contributed by atoms with Crippen LogP contribution in [-0.2, 0) is 4.79 Å². The fourth-order valence-electron chi connectivity index (χ4n) is 3.45. The Morgan fingerprint density at radius 3 is 1.94 bits per heavy atom. The first kappa shape index (κ1) is 13.8. The number of amides is 1. The van der Waals surface area contributed by atoms with Crippen molar-refractivity contribution in [2.24, 2.45) is 27.9 Å². The maximum absolute atomic E-state index is 12.5. The molecule has 0 radical (unpaired) electrons. The molecule has 102 valence electrons. The summed E-state index contributed by atoms with van der Waals surface area (Å²) in [5, 5.41) is 3.17. The van der Waals surface area contributed by atoms with E-state index in [9.17, 15) is 4.79 Å². The lowest BCUT2D eigenvalue weighted by Crippen LogP contribution is -2.56. The molecule has 2 aliphatic rings. The van der Waals surface area contributed by atoms with E-state index in [1.54, 1.807) is 0 Å². The first-order chi connectivity index (χ1) is 8.05. The summed E-state index contributed by atoms with van der Waals surface area (Å²) < 4.78 is 0. The number of nitrogens with two attached hydrogens (primary N) is 1. The van der Waals surface area contributed by atoms with Crippen molar-refractivity contribution >= 4 is 23.1 Å². The topological polar surface area (TPSA) is 55.1 Å². The standard InChI is InChI=1S/C14H24N2OS/c1-8-6-14(7-8,10(15)18)11(17)16-9-12(2,3)13(9,4)5/h8-9H,6-7H2,1-5H3,(H2,15,18)(H,16,17). The SMILES string of the molecule is CC1CC(C(=O)NC2C(C)(C)C2(C)C)(C(N)=S)C1. The van der Waals surface area contributed by atoms with Gasteiger partial charge in [0, 0.05) is 6.04 Å². The zero-order valence-corrected chi connectivity index (χ0v) is 12.8. The van der Waals surface area contributed by atoms with Crippen molar-refractivity contribution in [2.45, 2.75) is 53.5 Å². The minimum Gasteiger partial charge on any atom is -0.392 e. The van der Waals surface area contributed by atoms with E-state index in [1.165, 1.54) is 0 Å². The second kappa shape index (κ2) is 3.69. The van der Waals surface area contributed by atoms with Gasteiger partial charge in [0.15, 0.2) is 0 Å². The third kappa shape index (κ3) is 1.61. The second-order valence-electron chi connectivity index (χ2n) is 7.31. The molecule has 2 rings (SSSR count). The number of rotatable bonds is 3. The summed E-state index contributed by atoms with van der Waals surface area (Å²) in [4.78, 5) is 12.8. The van der Waals surface area contributed by atoms with Crippen LogP contribution in [0.4, 0.5) is 0 Å². The summed E-state index contributed by atoms with van der Waals surface area (Å²) in [5.74, 6) is 0.578. The van der Waals surface area contributed by atoms with E-state index in [2.05, 4.69) is 39.9 Å². The highest BCUT2D eigenvalue weighted by Crippen LogP contribution is 2.63. The van der Waals surface area contributed by atoms with E-state index >= 15 is 0 Å². The first-order valence-electron chi connectivity index (χ1n) is 6.66. The predicted molar refractivity (Wildman–Crippen MR) is 77.1 cm³/mol. The fourth-order valence-corrected chi connectivity index (χ4v) is 3.71. The molecule has 0 aliphatic heterocycles. The second-order valence-corrected chi connectivity index (χ2v) is 7.75. The Bertz CT molecular complexity index is 394. The van der Waals surface area contributed by atoms with E-state index in [0.717, 1.165) is 12.8 Å². The van der Waals surface area contributed by atoms with Crippen LogP contribution in [0.25, 0.3) is 0 Å². The van der Waals surface area contributed by atoms with Crippen molar-refractivity contribution in [3.05, 3.63) is 0 Å². The van der Waals surface area contributed by atoms with Crippen molar-refractivity contribution in [2.75, 3.05) is 0 Å². The molecule has 2 saturated carbocycles. The smallest absolute Gasteiger partial charge is 0.233 e. The lowest BCUT2D eigenvalue weighted by Gasteiger charge is -2.44. The maximum Gasteiger partial charge on any atom is 0.233 e. The van der Waals surface area contributed by atoms with Crippen molar-refractivity contribution in [1.29, 1.82) is 0 Å². The molecular weight excluding hydrogens is 244 g/mol. The molecule has 2 fully saturated rings. The van der Waals surface area contributed by atoms with Crippen molar-refractivity contribution < 1.29 is 4.79 Å². The first-order valence-corrected chi connectivity index (χ1v) is 7.07. The Labute approximate surface area is 115 Å². The van der Waals surface area contributed by atoms with Gasteiger partial charge in [0.05, 0.1) is 10.4 Å². The minimum absolute atomic E-state index is 0.0387. The summed E-state index contributed by atoms with van der Waals surface area (Å²) in [6, 6.07) is 0.222. The highest BCUT2D eigenvalue weighted by molar-refractivity contribution is 7.80. The molecule has 0 unspecified atom stereocenters. The van der Waals surface area contributed by atoms with E-state index in [1.807, 2.05) is 0 Å². The summed E-state index contributed by atoms with van der Waals surface area (Å²) in [6.07, 6.45) is 1.59. The van der Waals surface area contributed by atoms with Crippen LogP contribution in [0.2, 0.25) is 0 Å². The molecule has 0 atom stereocenters. The van der Waals surface area contributed by atoms with Gasteiger partial charge in [-0.2, -0.15) is 0 Å². The zero-order valence-electron chi connectivity index (χ0n) is 12.0. The largest absolute Gasteiger partial charge is 0.392 e. The Morgan fingerprint density at radius 1 is 1.22 bits per heavy atom. The molecular formula is C14H24N2OS. The quantitative estimate of drug-likeness (QED) is 0.772. The van der Waals surface area contributed by atoms with E-state index < -0.39 is 5.41 Å². The van der Waals surface area contributed by atoms with Crippen LogP contribution in [-0.4, -0.2) is 16.9 Å². The highest BCUT2D eigenvalue weighted by atomic mass is 32.1. The Morgan fingerprint density at radius 2 is 1.67 bits per heavy atom. The summed E-state index contributed by atoms with van der Waals surface area (Å²) >= 11 is 5.11. The van der Waals surface area contributed by atoms with Crippen molar-refractivity contribution in [3.8, 4) is 0 Å². The number of hydrogen-bond acceptors (Lipinski definition) is 2. The summed E-state index contributed by atoms with van der Waals surface area (Å²) in [6.45, 7) is 10.9. The molecule has 0 bridgehead atoms. The molecule has 0 heterocycles. The van der Waals surface area contributed by atoms with Gasteiger partial charge >= 0.3 is 0 Å². The number of hydrogen-bond donors (Lipinski definition) is 2. The zero-order chi connectivity index (χ0) is 13.9. The Kier molecular flexibility index (Phi) is 2.82. The van der Waals surface area contributed by atoms with E-state index in [4.69, 9.17) is 18.0 Å². The van der Waals surface area contributed by atoms with Crippen LogP contribution in [0.5, 0.6) is 0 Å². The van der Waals surface area contributed by atoms with Crippen LogP contribution >= 0.6 is 12.2 Å². The average molecular weight is 268 g/mol. The maximum atomic E-state index is 12.5. The number of carbonyl (C=O) groups is 1. The summed E-state index contributed by atoms with van der Waals surface area (Å²) in [5.41, 5.74) is 5.51. The molecule has 1 amide bonds. The van der Waals surface area contributed by atoms with Crippen LogP contribution < -0.4 is 11.1 Å². The van der Waals surface area contributed by atoms with Crippen molar-refractivity contribution in [1.82, 2.24) is 5.32 Å². The third-order valence-corrected chi connectivity index (χ3v) is 5.99. The molecule has 0 saturated heterocycles. The van der Waals surface area contributed by atoms with Crippen LogP contribution in [0.3, 0.4) is 0 Å². The molecule has 18 heavy (non-hydrogen) atoms. The predicted octanol–water partition coefficient (Wildman–Crippen LogP) is 2.24. The molecule has 3 nitrogen and oxygen atoms in total. The van der Waals surface area contributed by atoms with Crippen LogP contribution in [0.15, 0.2) is 0 Å². The lowest BCUT2D eigenvalue weighted by molar-refractivity contribution is -0.133. The molecule has 0 aromatic heterocycles. The Hall–Kier alpha value is -0.640.